The molecule has 0 saturated carbocycles. The first kappa shape index (κ1) is 20.9. The van der Waals surface area contributed by atoms with E-state index < -0.39 is 0 Å². The quantitative estimate of drug-likeness (QED) is 0.222. The van der Waals surface area contributed by atoms with Gasteiger partial charge in [0.25, 0.3) is 0 Å². The van der Waals surface area contributed by atoms with Crippen LogP contribution in [0.3, 0.4) is 0 Å². The number of carbonyl (C=O) groups excluding carboxylic acids is 1. The van der Waals surface area contributed by atoms with Gasteiger partial charge >= 0.3 is 0 Å². The maximum absolute atomic E-state index is 12.3. The fraction of sp³-hybridized carbons (Fsp3) is 0.0400. The van der Waals surface area contributed by atoms with E-state index in [2.05, 4.69) is 5.16 Å². The molecule has 0 aliphatic rings. The molecule has 0 radical (unpaired) electrons. The lowest BCUT2D eigenvalue weighted by Crippen LogP contribution is -1.96. The molecule has 0 amide bonds. The third-order valence-electron chi connectivity index (χ3n) is 4.52. The van der Waals surface area contributed by atoms with Crippen LogP contribution in [0.25, 0.3) is 17.3 Å². The molecule has 0 saturated heterocycles. The number of hydrogen-bond donors (Lipinski definition) is 0. The average Bonchev–Trinajstić information content (AvgIpc) is 3.28. The van der Waals surface area contributed by atoms with Crippen LogP contribution in [0.15, 0.2) is 89.5 Å². The maximum Gasteiger partial charge on any atom is 0.185 e. The van der Waals surface area contributed by atoms with Gasteiger partial charge in [-0.15, -0.1) is 0 Å². The van der Waals surface area contributed by atoms with Gasteiger partial charge < -0.3 is 9.26 Å². The summed E-state index contributed by atoms with van der Waals surface area (Å²) in [4.78, 5) is 12.3. The minimum atomic E-state index is -0.0723. The third-order valence-corrected chi connectivity index (χ3v) is 5.26. The Bertz CT molecular complexity index is 1220. The van der Waals surface area contributed by atoms with Crippen molar-refractivity contribution in [3.05, 3.63) is 112 Å². The molecule has 1 aromatic heterocycles. The first-order valence-electron chi connectivity index (χ1n) is 9.50. The van der Waals surface area contributed by atoms with Crippen LogP contribution < -0.4 is 4.74 Å². The van der Waals surface area contributed by atoms with Gasteiger partial charge in [-0.25, -0.2) is 0 Å². The summed E-state index contributed by atoms with van der Waals surface area (Å²) in [5.41, 5.74) is 3.00. The Labute approximate surface area is 189 Å². The zero-order valence-corrected chi connectivity index (χ0v) is 17.8. The van der Waals surface area contributed by atoms with Crippen molar-refractivity contribution in [2.45, 2.75) is 6.61 Å². The largest absolute Gasteiger partial charge is 0.486 e. The van der Waals surface area contributed by atoms with Crippen LogP contribution in [-0.4, -0.2) is 10.9 Å². The fourth-order valence-electron chi connectivity index (χ4n) is 2.87. The number of carbonyl (C=O) groups is 1. The number of hydrogen-bond acceptors (Lipinski definition) is 4. The van der Waals surface area contributed by atoms with Crippen molar-refractivity contribution >= 4 is 35.1 Å². The summed E-state index contributed by atoms with van der Waals surface area (Å²) in [5, 5.41) is 4.98. The lowest BCUT2D eigenvalue weighted by atomic mass is 10.1. The minimum Gasteiger partial charge on any atom is -0.486 e. The van der Waals surface area contributed by atoms with Gasteiger partial charge in [-0.05, 0) is 48.0 Å². The fourth-order valence-corrected chi connectivity index (χ4v) is 3.17. The molecule has 0 N–H and O–H groups in total. The molecule has 4 nitrogen and oxygen atoms in total. The predicted octanol–water partition coefficient (Wildman–Crippen LogP) is 7.12. The topological polar surface area (TPSA) is 52.3 Å². The lowest BCUT2D eigenvalue weighted by Gasteiger charge is -2.04. The summed E-state index contributed by atoms with van der Waals surface area (Å²) in [6.07, 6.45) is 3.35. The second kappa shape index (κ2) is 9.65. The Balaban J connectivity index is 1.35. The molecular weight excluding hydrogens is 433 g/mol. The number of aromatic nitrogens is 1. The van der Waals surface area contributed by atoms with E-state index in [1.54, 1.807) is 54.6 Å². The predicted molar refractivity (Wildman–Crippen MR) is 123 cm³/mol. The van der Waals surface area contributed by atoms with Crippen LogP contribution >= 0.6 is 23.2 Å². The van der Waals surface area contributed by atoms with E-state index in [0.717, 1.165) is 11.1 Å². The molecule has 0 aliphatic carbocycles. The highest BCUT2D eigenvalue weighted by Gasteiger charge is 2.10. The molecule has 4 aromatic rings. The van der Waals surface area contributed by atoms with Crippen molar-refractivity contribution in [1.29, 1.82) is 0 Å². The molecule has 1 heterocycles. The second-order valence-corrected chi connectivity index (χ2v) is 7.54. The Morgan fingerprint density at radius 1 is 0.935 bits per heavy atom. The maximum atomic E-state index is 12.3. The number of ketones is 1. The van der Waals surface area contributed by atoms with Gasteiger partial charge in [-0.1, -0.05) is 70.8 Å². The van der Waals surface area contributed by atoms with Gasteiger partial charge in [0.15, 0.2) is 11.5 Å². The first-order chi connectivity index (χ1) is 15.1. The van der Waals surface area contributed by atoms with Crippen LogP contribution in [0.2, 0.25) is 10.0 Å². The van der Waals surface area contributed by atoms with Crippen molar-refractivity contribution in [3.63, 3.8) is 0 Å². The number of nitrogens with zero attached hydrogens (tertiary/aromatic N) is 1. The molecule has 0 spiro atoms. The molecule has 4 rings (SSSR count). The molecular formula is C25H17Cl2NO3. The smallest absolute Gasteiger partial charge is 0.185 e. The monoisotopic (exact) mass is 449 g/mol. The first-order valence-corrected chi connectivity index (χ1v) is 10.3. The van der Waals surface area contributed by atoms with Gasteiger partial charge in [0.05, 0.1) is 10.0 Å². The van der Waals surface area contributed by atoms with Gasteiger partial charge in [0, 0.05) is 17.2 Å². The highest BCUT2D eigenvalue weighted by Crippen LogP contribution is 2.28. The SMILES string of the molecule is O=C(C=Cc1ccccc1)c1ccc(OCc2cc(-c3ccc(Cl)c(Cl)c3)no2)cc1. The van der Waals surface area contributed by atoms with Gasteiger partial charge in [0.1, 0.15) is 18.1 Å². The highest BCUT2D eigenvalue weighted by molar-refractivity contribution is 6.42. The molecule has 3 aromatic carbocycles. The van der Waals surface area contributed by atoms with E-state index in [1.807, 2.05) is 36.4 Å². The third kappa shape index (κ3) is 5.43. The zero-order valence-electron chi connectivity index (χ0n) is 16.3. The summed E-state index contributed by atoms with van der Waals surface area (Å²) >= 11 is 12.0. The molecule has 31 heavy (non-hydrogen) atoms. The van der Waals surface area contributed by atoms with Crippen LogP contribution in [0.1, 0.15) is 21.7 Å². The van der Waals surface area contributed by atoms with E-state index in [-0.39, 0.29) is 12.4 Å². The van der Waals surface area contributed by atoms with E-state index in [0.29, 0.717) is 32.8 Å². The number of benzene rings is 3. The molecule has 0 fully saturated rings. The van der Waals surface area contributed by atoms with Crippen LogP contribution in [0.4, 0.5) is 0 Å². The van der Waals surface area contributed by atoms with Gasteiger partial charge in [-0.2, -0.15) is 0 Å². The van der Waals surface area contributed by atoms with Crippen molar-refractivity contribution in [3.8, 4) is 17.0 Å². The van der Waals surface area contributed by atoms with Crippen LogP contribution in [0, 0.1) is 0 Å². The van der Waals surface area contributed by atoms with E-state index in [4.69, 9.17) is 32.5 Å². The Morgan fingerprint density at radius 2 is 1.71 bits per heavy atom. The van der Waals surface area contributed by atoms with Gasteiger partial charge in [0.2, 0.25) is 0 Å². The Morgan fingerprint density at radius 3 is 2.45 bits per heavy atom. The molecule has 0 bridgehead atoms. The number of allylic oxidation sites excluding steroid dienone is 1. The van der Waals surface area contributed by atoms with Gasteiger partial charge in [-0.3, -0.25) is 4.79 Å². The van der Waals surface area contributed by atoms with Crippen molar-refractivity contribution < 1.29 is 14.1 Å². The summed E-state index contributed by atoms with van der Waals surface area (Å²) in [6.45, 7) is 0.204. The summed E-state index contributed by atoms with van der Waals surface area (Å²) in [6, 6.07) is 23.7. The Hall–Kier alpha value is -3.34. The van der Waals surface area contributed by atoms with Crippen molar-refractivity contribution in [2.75, 3.05) is 0 Å². The van der Waals surface area contributed by atoms with Crippen molar-refractivity contribution in [2.24, 2.45) is 0 Å². The second-order valence-electron chi connectivity index (χ2n) is 6.73. The highest BCUT2D eigenvalue weighted by atomic mass is 35.5. The number of ether oxygens (including phenoxy) is 1. The average molecular weight is 450 g/mol. The Kier molecular flexibility index (Phi) is 6.51. The number of halogens is 2. The van der Waals surface area contributed by atoms with Crippen LogP contribution in [-0.2, 0) is 6.61 Å². The number of rotatable bonds is 7. The van der Waals surface area contributed by atoms with Crippen LogP contribution in [0.5, 0.6) is 5.75 Å². The lowest BCUT2D eigenvalue weighted by molar-refractivity contribution is 0.104. The van der Waals surface area contributed by atoms with E-state index >= 15 is 0 Å². The zero-order chi connectivity index (χ0) is 21.6. The molecule has 0 atom stereocenters. The van der Waals surface area contributed by atoms with E-state index in [9.17, 15) is 4.79 Å². The summed E-state index contributed by atoms with van der Waals surface area (Å²) in [5.74, 6) is 1.11. The molecule has 0 aliphatic heterocycles. The molecule has 154 valence electrons. The van der Waals surface area contributed by atoms with Crippen molar-refractivity contribution in [1.82, 2.24) is 5.16 Å². The van der Waals surface area contributed by atoms with E-state index in [1.165, 1.54) is 0 Å². The summed E-state index contributed by atoms with van der Waals surface area (Å²) < 4.78 is 11.1. The minimum absolute atomic E-state index is 0.0723. The molecule has 6 heteroatoms. The standard InChI is InChI=1S/C25H17Cl2NO3/c26-22-12-9-19(14-23(22)27)24-15-21(31-28-24)16-30-20-10-7-18(8-11-20)25(29)13-6-17-4-2-1-3-5-17/h1-15H,16H2. The molecule has 0 unspecified atom stereocenters. The normalized spacial score (nSPS) is 11.0. The summed E-state index contributed by atoms with van der Waals surface area (Å²) in [7, 11) is 0.